The van der Waals surface area contributed by atoms with Crippen molar-refractivity contribution in [3.63, 3.8) is 0 Å². The molecule has 5 heteroatoms. The van der Waals surface area contributed by atoms with Crippen LogP contribution in [0.1, 0.15) is 25.7 Å². The van der Waals surface area contributed by atoms with Crippen LogP contribution in [0.3, 0.4) is 0 Å². The first kappa shape index (κ1) is 10.7. The molecule has 2 amide bonds. The van der Waals surface area contributed by atoms with Gasteiger partial charge < -0.3 is 4.74 Å². The second-order valence-corrected chi connectivity index (χ2v) is 3.26. The Balaban J connectivity index is 2.34. The van der Waals surface area contributed by atoms with Crippen molar-refractivity contribution in [2.45, 2.75) is 25.7 Å². The molecular formula is C9H13NO4. The topological polar surface area (TPSA) is 72.5 Å². The molecule has 1 fully saturated rings. The molecule has 0 saturated carbocycles. The van der Waals surface area contributed by atoms with Gasteiger partial charge in [-0.1, -0.05) is 0 Å². The lowest BCUT2D eigenvalue weighted by atomic mass is 9.93. The number of piperidine rings is 1. The van der Waals surface area contributed by atoms with E-state index in [2.05, 4.69) is 10.1 Å². The monoisotopic (exact) mass is 199 g/mol. The molecule has 1 aliphatic heterocycles. The molecule has 1 saturated heterocycles. The number of imide groups is 1. The maximum Gasteiger partial charge on any atom is 0.305 e. The normalized spacial score (nSPS) is 21.6. The fourth-order valence-electron chi connectivity index (χ4n) is 1.41. The Kier molecular flexibility index (Phi) is 3.62. The molecule has 0 spiro atoms. The van der Waals surface area contributed by atoms with Gasteiger partial charge in [0.2, 0.25) is 11.8 Å². The molecule has 0 aromatic carbocycles. The number of methoxy groups -OCH3 is 1. The minimum absolute atomic E-state index is 0.225. The number of hydrogen-bond donors (Lipinski definition) is 1. The summed E-state index contributed by atoms with van der Waals surface area (Å²) in [5.41, 5.74) is 0. The maximum atomic E-state index is 11.2. The van der Waals surface area contributed by atoms with Crippen molar-refractivity contribution < 1.29 is 19.1 Å². The van der Waals surface area contributed by atoms with Crippen LogP contribution in [0.15, 0.2) is 0 Å². The molecule has 0 radical (unpaired) electrons. The number of hydrogen-bond acceptors (Lipinski definition) is 4. The standard InChI is InChI=1S/C9H13NO4/c1-14-8(12)5-3-6-2-4-7(11)10-9(6)13/h6H,2-5H2,1H3,(H,10,11,13). The van der Waals surface area contributed by atoms with Crippen LogP contribution in [0.5, 0.6) is 0 Å². The fraction of sp³-hybridized carbons (Fsp3) is 0.667. The Hall–Kier alpha value is -1.39. The molecule has 0 aromatic heterocycles. The summed E-state index contributed by atoms with van der Waals surface area (Å²) in [5.74, 6) is -1.06. The Morgan fingerprint density at radius 3 is 2.86 bits per heavy atom. The molecule has 78 valence electrons. The molecule has 5 nitrogen and oxygen atoms in total. The van der Waals surface area contributed by atoms with Crippen molar-refractivity contribution in [3.05, 3.63) is 0 Å². The van der Waals surface area contributed by atoms with Gasteiger partial charge in [0.05, 0.1) is 7.11 Å². The van der Waals surface area contributed by atoms with Gasteiger partial charge in [-0.15, -0.1) is 0 Å². The summed E-state index contributed by atoms with van der Waals surface area (Å²) in [7, 11) is 1.31. The van der Waals surface area contributed by atoms with E-state index in [0.29, 0.717) is 19.3 Å². The van der Waals surface area contributed by atoms with Gasteiger partial charge in [0.1, 0.15) is 0 Å². The van der Waals surface area contributed by atoms with Crippen molar-refractivity contribution in [3.8, 4) is 0 Å². The zero-order valence-corrected chi connectivity index (χ0v) is 8.04. The van der Waals surface area contributed by atoms with Crippen molar-refractivity contribution in [2.24, 2.45) is 5.92 Å². The third-order valence-electron chi connectivity index (χ3n) is 2.28. The number of carbonyl (C=O) groups excluding carboxylic acids is 3. The second kappa shape index (κ2) is 4.74. The first-order valence-electron chi connectivity index (χ1n) is 4.54. The molecule has 0 aliphatic carbocycles. The van der Waals surface area contributed by atoms with Crippen LogP contribution < -0.4 is 5.32 Å². The van der Waals surface area contributed by atoms with Crippen molar-refractivity contribution >= 4 is 17.8 Å². The van der Waals surface area contributed by atoms with Gasteiger partial charge in [-0.3, -0.25) is 19.7 Å². The van der Waals surface area contributed by atoms with Crippen LogP contribution in [-0.2, 0) is 19.1 Å². The Bertz CT molecular complexity index is 262. The van der Waals surface area contributed by atoms with E-state index in [-0.39, 0.29) is 30.1 Å². The lowest BCUT2D eigenvalue weighted by Gasteiger charge is -2.19. The quantitative estimate of drug-likeness (QED) is 0.512. The first-order valence-corrected chi connectivity index (χ1v) is 4.54. The number of rotatable bonds is 3. The van der Waals surface area contributed by atoms with Gasteiger partial charge in [0.15, 0.2) is 0 Å². The van der Waals surface area contributed by atoms with E-state index in [1.807, 2.05) is 0 Å². The molecule has 14 heavy (non-hydrogen) atoms. The van der Waals surface area contributed by atoms with Crippen LogP contribution >= 0.6 is 0 Å². The Morgan fingerprint density at radius 1 is 1.57 bits per heavy atom. The molecule has 1 aliphatic rings. The molecule has 1 rings (SSSR count). The SMILES string of the molecule is COC(=O)CCC1CCC(=O)NC1=O. The Labute approximate surface area is 81.8 Å². The molecule has 1 heterocycles. The van der Waals surface area contributed by atoms with Gasteiger partial charge in [0.25, 0.3) is 0 Å². The highest BCUT2D eigenvalue weighted by Crippen LogP contribution is 2.17. The van der Waals surface area contributed by atoms with Crippen LogP contribution in [-0.4, -0.2) is 24.9 Å². The van der Waals surface area contributed by atoms with E-state index >= 15 is 0 Å². The number of ether oxygens (including phenoxy) is 1. The summed E-state index contributed by atoms with van der Waals surface area (Å²) >= 11 is 0. The summed E-state index contributed by atoms with van der Waals surface area (Å²) in [6.45, 7) is 0. The van der Waals surface area contributed by atoms with E-state index < -0.39 is 0 Å². The van der Waals surface area contributed by atoms with E-state index in [0.717, 1.165) is 0 Å². The van der Waals surface area contributed by atoms with Crippen LogP contribution in [0.2, 0.25) is 0 Å². The predicted octanol–water partition coefficient (Wildman–Crippen LogP) is -0.00760. The number of carbonyl (C=O) groups is 3. The summed E-state index contributed by atoms with van der Waals surface area (Å²) in [4.78, 5) is 32.8. The number of esters is 1. The lowest BCUT2D eigenvalue weighted by Crippen LogP contribution is -2.40. The van der Waals surface area contributed by atoms with Crippen LogP contribution in [0.4, 0.5) is 0 Å². The van der Waals surface area contributed by atoms with Gasteiger partial charge >= 0.3 is 5.97 Å². The molecule has 1 atom stereocenters. The largest absolute Gasteiger partial charge is 0.469 e. The van der Waals surface area contributed by atoms with E-state index in [1.165, 1.54) is 7.11 Å². The fourth-order valence-corrected chi connectivity index (χ4v) is 1.41. The van der Waals surface area contributed by atoms with Crippen molar-refractivity contribution in [1.82, 2.24) is 5.32 Å². The third kappa shape index (κ3) is 2.83. The van der Waals surface area contributed by atoms with Gasteiger partial charge in [-0.05, 0) is 12.8 Å². The average molecular weight is 199 g/mol. The lowest BCUT2D eigenvalue weighted by molar-refractivity contribution is -0.141. The second-order valence-electron chi connectivity index (χ2n) is 3.26. The Morgan fingerprint density at radius 2 is 2.29 bits per heavy atom. The molecule has 0 bridgehead atoms. The van der Waals surface area contributed by atoms with Gasteiger partial charge in [0, 0.05) is 18.8 Å². The average Bonchev–Trinajstić information content (AvgIpc) is 2.16. The maximum absolute atomic E-state index is 11.2. The molecule has 1 unspecified atom stereocenters. The van der Waals surface area contributed by atoms with Crippen LogP contribution in [0, 0.1) is 5.92 Å². The number of nitrogens with one attached hydrogen (secondary N) is 1. The molecule has 1 N–H and O–H groups in total. The highest BCUT2D eigenvalue weighted by atomic mass is 16.5. The van der Waals surface area contributed by atoms with E-state index in [1.54, 1.807) is 0 Å². The van der Waals surface area contributed by atoms with Crippen LogP contribution in [0.25, 0.3) is 0 Å². The third-order valence-corrected chi connectivity index (χ3v) is 2.28. The van der Waals surface area contributed by atoms with Crippen molar-refractivity contribution in [2.75, 3.05) is 7.11 Å². The van der Waals surface area contributed by atoms with Gasteiger partial charge in [-0.2, -0.15) is 0 Å². The summed E-state index contributed by atoms with van der Waals surface area (Å²) in [6.07, 6.45) is 1.56. The molecule has 0 aromatic rings. The zero-order valence-electron chi connectivity index (χ0n) is 8.04. The highest BCUT2D eigenvalue weighted by molar-refractivity contribution is 5.98. The van der Waals surface area contributed by atoms with Crippen molar-refractivity contribution in [1.29, 1.82) is 0 Å². The molecular weight excluding hydrogens is 186 g/mol. The van der Waals surface area contributed by atoms with Gasteiger partial charge in [-0.25, -0.2) is 0 Å². The summed E-state index contributed by atoms with van der Waals surface area (Å²) in [6, 6.07) is 0. The minimum atomic E-state index is -0.324. The zero-order chi connectivity index (χ0) is 10.6. The predicted molar refractivity (Wildman–Crippen MR) is 47.1 cm³/mol. The summed E-state index contributed by atoms with van der Waals surface area (Å²) < 4.78 is 4.46. The number of amides is 2. The summed E-state index contributed by atoms with van der Waals surface area (Å²) in [5, 5.41) is 2.24. The first-order chi connectivity index (χ1) is 6.63. The minimum Gasteiger partial charge on any atom is -0.469 e. The highest BCUT2D eigenvalue weighted by Gasteiger charge is 2.26. The smallest absolute Gasteiger partial charge is 0.305 e. The van der Waals surface area contributed by atoms with E-state index in [4.69, 9.17) is 0 Å². The van der Waals surface area contributed by atoms with E-state index in [9.17, 15) is 14.4 Å².